The fraction of sp³-hybridized carbons (Fsp3) is 0.316. The van der Waals surface area contributed by atoms with E-state index in [4.69, 9.17) is 9.47 Å². The third-order valence-electron chi connectivity index (χ3n) is 3.87. The van der Waals surface area contributed by atoms with Crippen LogP contribution in [0.4, 0.5) is 0 Å². The lowest BCUT2D eigenvalue weighted by Crippen LogP contribution is -2.29. The molecule has 1 atom stereocenters. The van der Waals surface area contributed by atoms with E-state index in [2.05, 4.69) is 41.2 Å². The molecule has 1 N–H and O–H groups in total. The first-order valence-electron chi connectivity index (χ1n) is 8.93. The van der Waals surface area contributed by atoms with Gasteiger partial charge in [-0.3, -0.25) is 14.8 Å². The lowest BCUT2D eigenvalue weighted by atomic mass is 10.1. The first-order chi connectivity index (χ1) is 14.1. The molecule has 0 radical (unpaired) electrons. The number of carbonyl (C=O) groups is 1. The van der Waals surface area contributed by atoms with Gasteiger partial charge in [0.25, 0.3) is 5.91 Å². The van der Waals surface area contributed by atoms with Crippen LogP contribution in [-0.2, 0) is 4.74 Å². The Morgan fingerprint density at radius 1 is 1.31 bits per heavy atom. The zero-order valence-electron chi connectivity index (χ0n) is 16.0. The molecule has 0 aliphatic carbocycles. The number of hydrogen-bond donors (Lipinski definition) is 1. The minimum Gasteiger partial charge on any atom is -0.477 e. The molecule has 0 aromatic carbocycles. The van der Waals surface area contributed by atoms with E-state index in [1.54, 1.807) is 31.9 Å². The highest BCUT2D eigenvalue weighted by Gasteiger charge is 2.20. The summed E-state index contributed by atoms with van der Waals surface area (Å²) in [5.41, 5.74) is 1.36. The molecule has 1 unspecified atom stereocenters. The zero-order valence-corrected chi connectivity index (χ0v) is 18.4. The SMILES string of the molecule is CCOc1cncc(-c2cnc(C(=O)NC(CCOC)c3cc(Br)ccn3)s2)n1. The summed E-state index contributed by atoms with van der Waals surface area (Å²) in [7, 11) is 1.62. The number of methoxy groups -OCH3 is 1. The van der Waals surface area contributed by atoms with Crippen molar-refractivity contribution in [2.24, 2.45) is 0 Å². The quantitative estimate of drug-likeness (QED) is 0.501. The number of nitrogens with one attached hydrogen (secondary N) is 1. The number of ether oxygens (including phenoxy) is 2. The highest BCUT2D eigenvalue weighted by molar-refractivity contribution is 9.10. The molecular weight excluding hydrogens is 458 g/mol. The second kappa shape index (κ2) is 10.4. The summed E-state index contributed by atoms with van der Waals surface area (Å²) in [6.07, 6.45) is 7.06. The van der Waals surface area contributed by atoms with Gasteiger partial charge < -0.3 is 14.8 Å². The predicted octanol–water partition coefficient (Wildman–Crippen LogP) is 3.66. The van der Waals surface area contributed by atoms with Crippen LogP contribution in [0, 0.1) is 0 Å². The summed E-state index contributed by atoms with van der Waals surface area (Å²) in [6.45, 7) is 2.87. The number of amides is 1. The highest BCUT2D eigenvalue weighted by Crippen LogP contribution is 2.26. The highest BCUT2D eigenvalue weighted by atomic mass is 79.9. The Morgan fingerprint density at radius 3 is 2.93 bits per heavy atom. The van der Waals surface area contributed by atoms with Crippen molar-refractivity contribution in [3.63, 3.8) is 0 Å². The topological polar surface area (TPSA) is 99.1 Å². The number of hydrogen-bond acceptors (Lipinski definition) is 8. The summed E-state index contributed by atoms with van der Waals surface area (Å²) < 4.78 is 11.4. The Morgan fingerprint density at radius 2 is 2.17 bits per heavy atom. The van der Waals surface area contributed by atoms with Gasteiger partial charge in [0.15, 0.2) is 5.01 Å². The predicted molar refractivity (Wildman–Crippen MR) is 113 cm³/mol. The van der Waals surface area contributed by atoms with E-state index in [1.807, 2.05) is 19.1 Å². The lowest BCUT2D eigenvalue weighted by molar-refractivity contribution is 0.0923. The van der Waals surface area contributed by atoms with Gasteiger partial charge >= 0.3 is 0 Å². The van der Waals surface area contributed by atoms with Crippen LogP contribution in [0.1, 0.15) is 34.9 Å². The minimum atomic E-state index is -0.298. The molecule has 0 saturated heterocycles. The van der Waals surface area contributed by atoms with Gasteiger partial charge in [-0.15, -0.1) is 11.3 Å². The monoisotopic (exact) mass is 477 g/mol. The molecule has 8 nitrogen and oxygen atoms in total. The Hall–Kier alpha value is -2.43. The maximum atomic E-state index is 12.8. The van der Waals surface area contributed by atoms with E-state index in [0.29, 0.717) is 36.2 Å². The second-order valence-electron chi connectivity index (χ2n) is 5.91. The molecule has 10 heteroatoms. The molecule has 29 heavy (non-hydrogen) atoms. The van der Waals surface area contributed by atoms with E-state index in [1.165, 1.54) is 11.3 Å². The van der Waals surface area contributed by atoms with Crippen LogP contribution in [-0.4, -0.2) is 46.2 Å². The molecule has 0 bridgehead atoms. The first-order valence-corrected chi connectivity index (χ1v) is 10.5. The Kier molecular flexibility index (Phi) is 7.62. The third-order valence-corrected chi connectivity index (χ3v) is 5.39. The van der Waals surface area contributed by atoms with Crippen molar-refractivity contribution < 1.29 is 14.3 Å². The van der Waals surface area contributed by atoms with Crippen LogP contribution in [0.25, 0.3) is 10.6 Å². The summed E-state index contributed by atoms with van der Waals surface area (Å²) in [5, 5.41) is 3.33. The normalized spacial score (nSPS) is 11.8. The van der Waals surface area contributed by atoms with Gasteiger partial charge in [-0.2, -0.15) is 0 Å². The van der Waals surface area contributed by atoms with Gasteiger partial charge in [-0.1, -0.05) is 15.9 Å². The van der Waals surface area contributed by atoms with Gasteiger partial charge in [-0.05, 0) is 25.5 Å². The molecule has 0 aliphatic rings. The largest absolute Gasteiger partial charge is 0.477 e. The van der Waals surface area contributed by atoms with Crippen molar-refractivity contribution in [2.45, 2.75) is 19.4 Å². The molecule has 1 amide bonds. The standard InChI is InChI=1S/C19H20BrN5O3S/c1-3-28-17-11-21-9-15(24-17)16-10-23-19(29-16)18(26)25-13(5-7-27-2)14-8-12(20)4-6-22-14/h4,6,8-11,13H,3,5,7H2,1-2H3,(H,25,26). The molecule has 3 heterocycles. The number of thiazole rings is 1. The average Bonchev–Trinajstić information content (AvgIpc) is 3.22. The first kappa shape index (κ1) is 21.3. The summed E-state index contributed by atoms with van der Waals surface area (Å²) in [5.74, 6) is 0.155. The molecule has 3 aromatic heterocycles. The van der Waals surface area contributed by atoms with Crippen LogP contribution in [0.5, 0.6) is 5.88 Å². The summed E-state index contributed by atoms with van der Waals surface area (Å²) >= 11 is 4.68. The summed E-state index contributed by atoms with van der Waals surface area (Å²) in [4.78, 5) is 30.7. The van der Waals surface area contributed by atoms with Gasteiger partial charge in [0.2, 0.25) is 5.88 Å². The third kappa shape index (κ3) is 5.78. The van der Waals surface area contributed by atoms with Crippen molar-refractivity contribution >= 4 is 33.2 Å². The van der Waals surface area contributed by atoms with Crippen molar-refractivity contribution in [3.05, 3.63) is 52.1 Å². The van der Waals surface area contributed by atoms with Gasteiger partial charge in [0.1, 0.15) is 5.69 Å². The van der Waals surface area contributed by atoms with Crippen LogP contribution in [0.3, 0.4) is 0 Å². The molecule has 0 fully saturated rings. The Bertz CT molecular complexity index is 968. The number of aromatic nitrogens is 4. The van der Waals surface area contributed by atoms with E-state index >= 15 is 0 Å². The Balaban J connectivity index is 1.76. The minimum absolute atomic E-state index is 0.280. The fourth-order valence-electron chi connectivity index (χ4n) is 2.54. The van der Waals surface area contributed by atoms with Crippen molar-refractivity contribution in [1.29, 1.82) is 0 Å². The number of nitrogens with zero attached hydrogens (tertiary/aromatic N) is 4. The molecular formula is C19H20BrN5O3S. The van der Waals surface area contributed by atoms with Crippen molar-refractivity contribution in [2.75, 3.05) is 20.3 Å². The number of pyridine rings is 1. The lowest BCUT2D eigenvalue weighted by Gasteiger charge is -2.17. The van der Waals surface area contributed by atoms with Crippen molar-refractivity contribution in [3.8, 4) is 16.5 Å². The number of rotatable bonds is 9. The van der Waals surface area contributed by atoms with E-state index in [-0.39, 0.29) is 11.9 Å². The maximum absolute atomic E-state index is 12.8. The Labute approximate surface area is 180 Å². The maximum Gasteiger partial charge on any atom is 0.280 e. The van der Waals surface area contributed by atoms with E-state index < -0.39 is 0 Å². The molecule has 0 aliphatic heterocycles. The molecule has 0 saturated carbocycles. The molecule has 3 rings (SSSR count). The average molecular weight is 478 g/mol. The van der Waals surface area contributed by atoms with Crippen LogP contribution >= 0.6 is 27.3 Å². The summed E-state index contributed by atoms with van der Waals surface area (Å²) in [6, 6.07) is 3.42. The molecule has 152 valence electrons. The van der Waals surface area contributed by atoms with Crippen LogP contribution < -0.4 is 10.1 Å². The number of halogens is 1. The van der Waals surface area contributed by atoms with Gasteiger partial charge in [0.05, 0.1) is 35.6 Å². The second-order valence-corrected chi connectivity index (χ2v) is 7.86. The zero-order chi connectivity index (χ0) is 20.6. The fourth-order valence-corrected chi connectivity index (χ4v) is 3.67. The van der Waals surface area contributed by atoms with Crippen LogP contribution in [0.15, 0.2) is 41.4 Å². The molecule has 3 aromatic rings. The van der Waals surface area contributed by atoms with Gasteiger partial charge in [-0.25, -0.2) is 9.97 Å². The van der Waals surface area contributed by atoms with E-state index in [0.717, 1.165) is 15.0 Å². The van der Waals surface area contributed by atoms with Gasteiger partial charge in [0, 0.05) is 30.6 Å². The van der Waals surface area contributed by atoms with Crippen LogP contribution in [0.2, 0.25) is 0 Å². The number of carbonyl (C=O) groups excluding carboxylic acids is 1. The smallest absolute Gasteiger partial charge is 0.280 e. The molecule has 0 spiro atoms. The van der Waals surface area contributed by atoms with Crippen molar-refractivity contribution in [1.82, 2.24) is 25.3 Å². The van der Waals surface area contributed by atoms with E-state index in [9.17, 15) is 4.79 Å².